The third-order valence-electron chi connectivity index (χ3n) is 4.70. The van der Waals surface area contributed by atoms with E-state index in [-0.39, 0.29) is 31.4 Å². The fourth-order valence-corrected chi connectivity index (χ4v) is 4.15. The van der Waals surface area contributed by atoms with Gasteiger partial charge in [-0.25, -0.2) is 9.79 Å². The van der Waals surface area contributed by atoms with Crippen molar-refractivity contribution in [1.29, 1.82) is 0 Å². The number of ether oxygens (including phenoxy) is 2. The number of nitrogens with zero attached hydrogens (tertiary/aromatic N) is 2. The van der Waals surface area contributed by atoms with E-state index in [1.54, 1.807) is 68.6 Å². The quantitative estimate of drug-likeness (QED) is 0.465. The van der Waals surface area contributed by atoms with Crippen LogP contribution in [0.1, 0.15) is 23.7 Å². The Labute approximate surface area is 196 Å². The third kappa shape index (κ3) is 6.23. The van der Waals surface area contributed by atoms with E-state index in [0.717, 1.165) is 0 Å². The minimum atomic E-state index is -0.641. The Morgan fingerprint density at radius 3 is 2.52 bits per heavy atom. The summed E-state index contributed by atoms with van der Waals surface area (Å²) in [6, 6.07) is 13.5. The molecule has 2 aromatic rings. The minimum absolute atomic E-state index is 0.0430. The Hall–Kier alpha value is -3.59. The van der Waals surface area contributed by atoms with E-state index in [0.29, 0.717) is 27.9 Å². The second-order valence-electron chi connectivity index (χ2n) is 6.98. The normalized spacial score (nSPS) is 16.9. The average Bonchev–Trinajstić information content (AvgIpc) is 2.82. The van der Waals surface area contributed by atoms with Gasteiger partial charge in [-0.05, 0) is 55.5 Å². The number of anilines is 1. The van der Waals surface area contributed by atoms with Crippen molar-refractivity contribution < 1.29 is 23.9 Å². The van der Waals surface area contributed by atoms with Crippen molar-refractivity contribution in [2.75, 3.05) is 25.6 Å². The number of carbonyl (C=O) groups is 3. The molecule has 1 aliphatic rings. The van der Waals surface area contributed by atoms with Gasteiger partial charge < -0.3 is 14.8 Å². The molecule has 3 rings (SSSR count). The highest BCUT2D eigenvalue weighted by atomic mass is 32.2. The second kappa shape index (κ2) is 11.3. The SMILES string of the molecule is C=CCN1C(=O)CC(C(=O)Nc2ccc(OC)cc2)SC1=Nc1ccc(C(=O)OCC)cc1. The van der Waals surface area contributed by atoms with Crippen molar-refractivity contribution in [3.05, 3.63) is 66.7 Å². The molecule has 8 nitrogen and oxygen atoms in total. The third-order valence-corrected chi connectivity index (χ3v) is 5.89. The molecule has 1 atom stereocenters. The molecule has 9 heteroatoms. The molecular formula is C24H25N3O5S. The number of rotatable bonds is 8. The Morgan fingerprint density at radius 2 is 1.91 bits per heavy atom. The van der Waals surface area contributed by atoms with E-state index < -0.39 is 11.2 Å². The molecule has 0 saturated carbocycles. The first-order chi connectivity index (χ1) is 15.9. The largest absolute Gasteiger partial charge is 0.497 e. The smallest absolute Gasteiger partial charge is 0.338 e. The van der Waals surface area contributed by atoms with E-state index >= 15 is 0 Å². The summed E-state index contributed by atoms with van der Waals surface area (Å²) in [6.07, 6.45) is 1.65. The van der Waals surface area contributed by atoms with Crippen LogP contribution in [0.25, 0.3) is 0 Å². The Morgan fingerprint density at radius 1 is 1.21 bits per heavy atom. The zero-order valence-corrected chi connectivity index (χ0v) is 19.3. The van der Waals surface area contributed by atoms with Gasteiger partial charge in [0.15, 0.2) is 5.17 Å². The molecule has 2 aromatic carbocycles. The molecule has 1 fully saturated rings. The van der Waals surface area contributed by atoms with Gasteiger partial charge >= 0.3 is 5.97 Å². The number of hydrogen-bond acceptors (Lipinski definition) is 7. The van der Waals surface area contributed by atoms with Crippen LogP contribution in [-0.4, -0.2) is 53.4 Å². The monoisotopic (exact) mass is 467 g/mol. The summed E-state index contributed by atoms with van der Waals surface area (Å²) in [5, 5.41) is 2.59. The first-order valence-corrected chi connectivity index (χ1v) is 11.2. The number of nitrogens with one attached hydrogen (secondary N) is 1. The highest BCUT2D eigenvalue weighted by molar-refractivity contribution is 8.15. The van der Waals surface area contributed by atoms with E-state index in [4.69, 9.17) is 9.47 Å². The van der Waals surface area contributed by atoms with Gasteiger partial charge in [-0.15, -0.1) is 6.58 Å². The maximum atomic E-state index is 12.9. The molecule has 0 spiro atoms. The molecule has 172 valence electrons. The summed E-state index contributed by atoms with van der Waals surface area (Å²) >= 11 is 1.21. The topological polar surface area (TPSA) is 97.3 Å². The molecule has 0 radical (unpaired) electrons. The highest BCUT2D eigenvalue weighted by Crippen LogP contribution is 2.30. The molecule has 0 bridgehead atoms. The number of esters is 1. The van der Waals surface area contributed by atoms with Crippen molar-refractivity contribution in [2.45, 2.75) is 18.6 Å². The first-order valence-electron chi connectivity index (χ1n) is 10.3. The summed E-state index contributed by atoms with van der Waals surface area (Å²) in [6.45, 7) is 6.01. The molecule has 1 saturated heterocycles. The molecule has 1 unspecified atom stereocenters. The molecule has 1 aliphatic heterocycles. The van der Waals surface area contributed by atoms with Crippen LogP contribution in [-0.2, 0) is 14.3 Å². The maximum Gasteiger partial charge on any atom is 0.338 e. The molecule has 0 aromatic heterocycles. The van der Waals surface area contributed by atoms with Gasteiger partial charge in [-0.2, -0.15) is 0 Å². The lowest BCUT2D eigenvalue weighted by Crippen LogP contribution is -2.45. The van der Waals surface area contributed by atoms with Crippen LogP contribution in [0.5, 0.6) is 5.75 Å². The van der Waals surface area contributed by atoms with E-state index in [9.17, 15) is 14.4 Å². The van der Waals surface area contributed by atoms with Crippen molar-refractivity contribution in [3.8, 4) is 5.75 Å². The Bertz CT molecular complexity index is 1050. The number of carbonyl (C=O) groups excluding carboxylic acids is 3. The van der Waals surface area contributed by atoms with E-state index in [2.05, 4.69) is 16.9 Å². The lowest BCUT2D eigenvalue weighted by molar-refractivity contribution is -0.129. The van der Waals surface area contributed by atoms with Crippen molar-refractivity contribution >= 4 is 46.1 Å². The Balaban J connectivity index is 1.78. The highest BCUT2D eigenvalue weighted by Gasteiger charge is 2.35. The summed E-state index contributed by atoms with van der Waals surface area (Å²) in [5.74, 6) is -0.242. The van der Waals surface area contributed by atoms with E-state index in [1.807, 2.05) is 0 Å². The predicted octanol–water partition coefficient (Wildman–Crippen LogP) is 4.02. The van der Waals surface area contributed by atoms with Crippen molar-refractivity contribution in [2.24, 2.45) is 4.99 Å². The first kappa shape index (κ1) is 24.1. The van der Waals surface area contributed by atoms with Gasteiger partial charge in [0.1, 0.15) is 11.0 Å². The molecule has 2 amide bonds. The second-order valence-corrected chi connectivity index (χ2v) is 8.15. The van der Waals surface area contributed by atoms with Crippen LogP contribution < -0.4 is 10.1 Å². The zero-order chi connectivity index (χ0) is 23.8. The average molecular weight is 468 g/mol. The lowest BCUT2D eigenvalue weighted by Gasteiger charge is -2.31. The molecule has 33 heavy (non-hydrogen) atoms. The van der Waals surface area contributed by atoms with Crippen LogP contribution in [0.15, 0.2) is 66.2 Å². The number of methoxy groups -OCH3 is 1. The van der Waals surface area contributed by atoms with Gasteiger partial charge in [0.05, 0.1) is 25.0 Å². The summed E-state index contributed by atoms with van der Waals surface area (Å²) in [5.41, 5.74) is 1.56. The van der Waals surface area contributed by atoms with E-state index in [1.165, 1.54) is 16.7 Å². The molecule has 1 heterocycles. The number of hydrogen-bond donors (Lipinski definition) is 1. The van der Waals surface area contributed by atoms with Crippen LogP contribution in [0.4, 0.5) is 11.4 Å². The number of aliphatic imine (C=N–C) groups is 1. The van der Waals surface area contributed by atoms with Gasteiger partial charge in [-0.1, -0.05) is 17.8 Å². The number of amides is 2. The summed E-state index contributed by atoms with van der Waals surface area (Å²) in [7, 11) is 1.57. The van der Waals surface area contributed by atoms with Crippen LogP contribution in [0, 0.1) is 0 Å². The molecule has 1 N–H and O–H groups in total. The van der Waals surface area contributed by atoms with Gasteiger partial charge in [0.2, 0.25) is 11.8 Å². The number of amidine groups is 1. The van der Waals surface area contributed by atoms with Gasteiger partial charge in [0.25, 0.3) is 0 Å². The predicted molar refractivity (Wildman–Crippen MR) is 129 cm³/mol. The zero-order valence-electron chi connectivity index (χ0n) is 18.4. The van der Waals surface area contributed by atoms with Gasteiger partial charge in [-0.3, -0.25) is 14.5 Å². The summed E-state index contributed by atoms with van der Waals surface area (Å²) < 4.78 is 10.1. The standard InChI is InChI=1S/C24H25N3O5S/c1-4-14-27-21(28)15-20(22(29)25-17-10-12-19(31-3)13-11-17)33-24(27)26-18-8-6-16(7-9-18)23(30)32-5-2/h4,6-13,20H,1,5,14-15H2,2-3H3,(H,25,29). The van der Waals surface area contributed by atoms with Gasteiger partial charge in [0, 0.05) is 18.7 Å². The lowest BCUT2D eigenvalue weighted by atomic mass is 10.2. The molecule has 0 aliphatic carbocycles. The fraction of sp³-hybridized carbons (Fsp3) is 0.250. The fourth-order valence-electron chi connectivity index (χ4n) is 3.04. The van der Waals surface area contributed by atoms with Crippen molar-refractivity contribution in [1.82, 2.24) is 4.90 Å². The molecular weight excluding hydrogens is 442 g/mol. The van der Waals surface area contributed by atoms with Crippen LogP contribution in [0.3, 0.4) is 0 Å². The minimum Gasteiger partial charge on any atom is -0.497 e. The summed E-state index contributed by atoms with van der Waals surface area (Å²) in [4.78, 5) is 43.5. The Kier molecular flexibility index (Phi) is 8.26. The number of thioether (sulfide) groups is 1. The van der Waals surface area contributed by atoms with Crippen molar-refractivity contribution in [3.63, 3.8) is 0 Å². The van der Waals surface area contributed by atoms with Crippen LogP contribution >= 0.6 is 11.8 Å². The van der Waals surface area contributed by atoms with Crippen LogP contribution in [0.2, 0.25) is 0 Å². The number of benzene rings is 2. The maximum absolute atomic E-state index is 12.9.